The summed E-state index contributed by atoms with van der Waals surface area (Å²) in [6, 6.07) is 9.78. The van der Waals surface area contributed by atoms with Crippen LogP contribution in [0, 0.1) is 6.92 Å². The number of nitrogens with one attached hydrogen (secondary N) is 1. The van der Waals surface area contributed by atoms with E-state index in [1.165, 1.54) is 5.56 Å². The first-order chi connectivity index (χ1) is 8.69. The van der Waals surface area contributed by atoms with E-state index in [1.54, 1.807) is 19.4 Å². The Morgan fingerprint density at radius 1 is 1.28 bits per heavy atom. The molecule has 0 unspecified atom stereocenters. The fourth-order valence-electron chi connectivity index (χ4n) is 1.72. The average molecular weight is 263 g/mol. The molecule has 0 fully saturated rings. The molecule has 2 rings (SSSR count). The van der Waals surface area contributed by atoms with Crippen molar-refractivity contribution in [2.45, 2.75) is 13.5 Å². The molecule has 94 valence electrons. The van der Waals surface area contributed by atoms with Gasteiger partial charge in [-0.2, -0.15) is 0 Å². The monoisotopic (exact) mass is 262 g/mol. The summed E-state index contributed by atoms with van der Waals surface area (Å²) < 4.78 is 5.33. The van der Waals surface area contributed by atoms with E-state index in [0.717, 1.165) is 17.0 Å². The highest BCUT2D eigenvalue weighted by Crippen LogP contribution is 2.21. The zero-order valence-corrected chi connectivity index (χ0v) is 11.2. The van der Waals surface area contributed by atoms with E-state index >= 15 is 0 Å². The zero-order chi connectivity index (χ0) is 13.0. The molecule has 0 spiro atoms. The molecule has 1 heterocycles. The van der Waals surface area contributed by atoms with Crippen molar-refractivity contribution in [2.24, 2.45) is 0 Å². The van der Waals surface area contributed by atoms with E-state index in [4.69, 9.17) is 16.3 Å². The number of rotatable bonds is 4. The van der Waals surface area contributed by atoms with Crippen molar-refractivity contribution >= 4 is 17.3 Å². The molecule has 0 saturated carbocycles. The standard InChI is InChI=1S/C14H15ClN2O/c1-10-3-5-13(18-2)11(7-10)8-16-12-4-6-14(15)17-9-12/h3-7,9,16H,8H2,1-2H3. The van der Waals surface area contributed by atoms with Crippen molar-refractivity contribution in [2.75, 3.05) is 12.4 Å². The van der Waals surface area contributed by atoms with Crippen LogP contribution in [0.5, 0.6) is 5.75 Å². The summed E-state index contributed by atoms with van der Waals surface area (Å²) in [5.74, 6) is 0.884. The maximum atomic E-state index is 5.74. The molecule has 1 aromatic heterocycles. The van der Waals surface area contributed by atoms with Crippen molar-refractivity contribution in [3.8, 4) is 5.75 Å². The topological polar surface area (TPSA) is 34.1 Å². The van der Waals surface area contributed by atoms with E-state index in [1.807, 2.05) is 18.2 Å². The number of benzene rings is 1. The van der Waals surface area contributed by atoms with Gasteiger partial charge in [0.2, 0.25) is 0 Å². The van der Waals surface area contributed by atoms with Crippen molar-refractivity contribution in [1.82, 2.24) is 4.98 Å². The van der Waals surface area contributed by atoms with Crippen LogP contribution in [-0.4, -0.2) is 12.1 Å². The zero-order valence-electron chi connectivity index (χ0n) is 10.4. The molecule has 0 bridgehead atoms. The molecule has 0 saturated heterocycles. The first kappa shape index (κ1) is 12.7. The van der Waals surface area contributed by atoms with Crippen LogP contribution >= 0.6 is 11.6 Å². The maximum Gasteiger partial charge on any atom is 0.129 e. The molecule has 0 aliphatic rings. The fourth-order valence-corrected chi connectivity index (χ4v) is 1.83. The van der Waals surface area contributed by atoms with Crippen molar-refractivity contribution in [1.29, 1.82) is 0 Å². The van der Waals surface area contributed by atoms with Gasteiger partial charge in [0, 0.05) is 12.1 Å². The second kappa shape index (κ2) is 5.74. The van der Waals surface area contributed by atoms with Crippen LogP contribution in [0.25, 0.3) is 0 Å². The van der Waals surface area contributed by atoms with E-state index < -0.39 is 0 Å². The molecule has 18 heavy (non-hydrogen) atoms. The van der Waals surface area contributed by atoms with Crippen molar-refractivity contribution in [3.05, 3.63) is 52.8 Å². The molecule has 4 heteroatoms. The highest BCUT2D eigenvalue weighted by atomic mass is 35.5. The molecule has 2 aromatic rings. The Labute approximate surface area is 112 Å². The van der Waals surface area contributed by atoms with Gasteiger partial charge in [-0.05, 0) is 25.1 Å². The lowest BCUT2D eigenvalue weighted by molar-refractivity contribution is 0.410. The Morgan fingerprint density at radius 3 is 2.78 bits per heavy atom. The second-order valence-electron chi connectivity index (χ2n) is 4.04. The number of anilines is 1. The van der Waals surface area contributed by atoms with Gasteiger partial charge >= 0.3 is 0 Å². The molecule has 1 N–H and O–H groups in total. The predicted octanol–water partition coefficient (Wildman–Crippen LogP) is 3.66. The molecule has 0 atom stereocenters. The van der Waals surface area contributed by atoms with Gasteiger partial charge in [-0.3, -0.25) is 0 Å². The van der Waals surface area contributed by atoms with Crippen LogP contribution in [0.2, 0.25) is 5.15 Å². The van der Waals surface area contributed by atoms with Crippen LogP contribution in [-0.2, 0) is 6.54 Å². The van der Waals surface area contributed by atoms with Crippen molar-refractivity contribution < 1.29 is 4.74 Å². The third-order valence-electron chi connectivity index (χ3n) is 2.65. The Bertz CT molecular complexity index is 526. The molecule has 1 aromatic carbocycles. The highest BCUT2D eigenvalue weighted by Gasteiger charge is 2.03. The van der Waals surface area contributed by atoms with E-state index in [2.05, 4.69) is 23.3 Å². The minimum atomic E-state index is 0.494. The number of methoxy groups -OCH3 is 1. The Balaban J connectivity index is 2.09. The first-order valence-electron chi connectivity index (χ1n) is 5.68. The average Bonchev–Trinajstić information content (AvgIpc) is 2.38. The Hall–Kier alpha value is -1.74. The molecular weight excluding hydrogens is 248 g/mol. The van der Waals surface area contributed by atoms with Gasteiger partial charge in [-0.15, -0.1) is 0 Å². The van der Waals surface area contributed by atoms with Gasteiger partial charge in [-0.1, -0.05) is 29.3 Å². The molecule has 0 radical (unpaired) electrons. The number of hydrogen-bond acceptors (Lipinski definition) is 3. The third-order valence-corrected chi connectivity index (χ3v) is 2.87. The number of nitrogens with zero attached hydrogens (tertiary/aromatic N) is 1. The molecular formula is C14H15ClN2O. The van der Waals surface area contributed by atoms with Gasteiger partial charge in [0.15, 0.2) is 0 Å². The van der Waals surface area contributed by atoms with E-state index in [-0.39, 0.29) is 0 Å². The fraction of sp³-hybridized carbons (Fsp3) is 0.214. The second-order valence-corrected chi connectivity index (χ2v) is 4.43. The van der Waals surface area contributed by atoms with Crippen LogP contribution in [0.1, 0.15) is 11.1 Å². The van der Waals surface area contributed by atoms with E-state index in [9.17, 15) is 0 Å². The molecule has 0 aliphatic carbocycles. The van der Waals surface area contributed by atoms with Gasteiger partial charge in [0.25, 0.3) is 0 Å². The molecule has 3 nitrogen and oxygen atoms in total. The van der Waals surface area contributed by atoms with Crippen molar-refractivity contribution in [3.63, 3.8) is 0 Å². The smallest absolute Gasteiger partial charge is 0.129 e. The molecule has 0 aliphatic heterocycles. The highest BCUT2D eigenvalue weighted by molar-refractivity contribution is 6.29. The lowest BCUT2D eigenvalue weighted by atomic mass is 10.1. The number of halogens is 1. The summed E-state index contributed by atoms with van der Waals surface area (Å²) in [7, 11) is 1.68. The number of aryl methyl sites for hydroxylation is 1. The van der Waals surface area contributed by atoms with E-state index in [0.29, 0.717) is 11.7 Å². The van der Waals surface area contributed by atoms with Gasteiger partial charge in [0.05, 0.1) is 19.0 Å². The minimum Gasteiger partial charge on any atom is -0.496 e. The lowest BCUT2D eigenvalue weighted by Crippen LogP contribution is -2.02. The van der Waals surface area contributed by atoms with Gasteiger partial charge in [-0.25, -0.2) is 4.98 Å². The largest absolute Gasteiger partial charge is 0.496 e. The lowest BCUT2D eigenvalue weighted by Gasteiger charge is -2.11. The van der Waals surface area contributed by atoms with Crippen LogP contribution in [0.3, 0.4) is 0 Å². The normalized spacial score (nSPS) is 10.2. The predicted molar refractivity (Wildman–Crippen MR) is 74.3 cm³/mol. The SMILES string of the molecule is COc1ccc(C)cc1CNc1ccc(Cl)nc1. The summed E-state index contributed by atoms with van der Waals surface area (Å²) in [4.78, 5) is 4.02. The van der Waals surface area contributed by atoms with Gasteiger partial charge in [0.1, 0.15) is 10.9 Å². The first-order valence-corrected chi connectivity index (χ1v) is 6.06. The summed E-state index contributed by atoms with van der Waals surface area (Å²) >= 11 is 5.74. The number of hydrogen-bond donors (Lipinski definition) is 1. The van der Waals surface area contributed by atoms with Crippen LogP contribution in [0.4, 0.5) is 5.69 Å². The third kappa shape index (κ3) is 3.14. The maximum absolute atomic E-state index is 5.74. The quantitative estimate of drug-likeness (QED) is 0.854. The minimum absolute atomic E-state index is 0.494. The Morgan fingerprint density at radius 2 is 2.11 bits per heavy atom. The summed E-state index contributed by atoms with van der Waals surface area (Å²) in [6.07, 6.45) is 1.71. The summed E-state index contributed by atoms with van der Waals surface area (Å²) in [5, 5.41) is 3.78. The number of pyridine rings is 1. The molecule has 0 amide bonds. The Kier molecular flexibility index (Phi) is 4.05. The summed E-state index contributed by atoms with van der Waals surface area (Å²) in [6.45, 7) is 2.75. The number of ether oxygens (including phenoxy) is 1. The van der Waals surface area contributed by atoms with Crippen LogP contribution < -0.4 is 10.1 Å². The van der Waals surface area contributed by atoms with Gasteiger partial charge < -0.3 is 10.1 Å². The van der Waals surface area contributed by atoms with Crippen LogP contribution in [0.15, 0.2) is 36.5 Å². The number of aromatic nitrogens is 1. The summed E-state index contributed by atoms with van der Waals surface area (Å²) in [5.41, 5.74) is 3.26.